The quantitative estimate of drug-likeness (QED) is 0.553. The molecule has 0 bridgehead atoms. The molecule has 3 aromatic rings. The van der Waals surface area contributed by atoms with Crippen LogP contribution in [0.15, 0.2) is 42.7 Å². The lowest BCUT2D eigenvalue weighted by Gasteiger charge is -2.35. The van der Waals surface area contributed by atoms with Crippen LogP contribution in [0.3, 0.4) is 0 Å². The fourth-order valence-electron chi connectivity index (χ4n) is 3.47. The number of benzene rings is 1. The molecule has 7 nitrogen and oxygen atoms in total. The van der Waals surface area contributed by atoms with E-state index in [0.717, 1.165) is 5.56 Å². The van der Waals surface area contributed by atoms with Gasteiger partial charge in [-0.2, -0.15) is 13.2 Å². The predicted molar refractivity (Wildman–Crippen MR) is 117 cm³/mol. The number of hydrogen-bond acceptors (Lipinski definition) is 7. The molecule has 174 valence electrons. The summed E-state index contributed by atoms with van der Waals surface area (Å²) >= 11 is 6.61. The van der Waals surface area contributed by atoms with Crippen molar-refractivity contribution in [1.82, 2.24) is 25.2 Å². The standard InChI is InChI=1S/C21H19ClF3N5O2S/c22-14-4-2-13(3-5-14)15(30-8-10-32-11-9-30)12-28-19(31)16-17(21(23,24)25)29-20(33-16)18-26-6-1-7-27-18/h1-7,15H,8-12H2,(H,28,31)/t15-/m1/s1. The highest BCUT2D eigenvalue weighted by Gasteiger charge is 2.40. The first-order valence-electron chi connectivity index (χ1n) is 10.0. The van der Waals surface area contributed by atoms with Gasteiger partial charge in [0, 0.05) is 37.1 Å². The normalized spacial score (nSPS) is 15.9. The maximum absolute atomic E-state index is 13.6. The molecule has 1 aliphatic heterocycles. The number of ether oxygens (including phenoxy) is 1. The van der Waals surface area contributed by atoms with Gasteiger partial charge in [-0.1, -0.05) is 23.7 Å². The van der Waals surface area contributed by atoms with Crippen molar-refractivity contribution in [2.75, 3.05) is 32.8 Å². The molecule has 0 saturated carbocycles. The average molecular weight is 498 g/mol. The van der Waals surface area contributed by atoms with Gasteiger partial charge in [0.25, 0.3) is 5.91 Å². The third-order valence-electron chi connectivity index (χ3n) is 5.06. The smallest absolute Gasteiger partial charge is 0.379 e. The number of aromatic nitrogens is 3. The first-order valence-corrected chi connectivity index (χ1v) is 11.2. The Morgan fingerprint density at radius 1 is 1.18 bits per heavy atom. The van der Waals surface area contributed by atoms with E-state index in [1.165, 1.54) is 18.5 Å². The predicted octanol–water partition coefficient (Wildman–Crippen LogP) is 4.08. The minimum atomic E-state index is -4.80. The number of rotatable bonds is 6. The first-order chi connectivity index (χ1) is 15.8. The zero-order valence-electron chi connectivity index (χ0n) is 17.2. The molecule has 1 N–H and O–H groups in total. The maximum atomic E-state index is 13.6. The summed E-state index contributed by atoms with van der Waals surface area (Å²) in [6.07, 6.45) is -2.00. The Kier molecular flexibility index (Phi) is 7.23. The number of thiazole rings is 1. The second-order valence-electron chi connectivity index (χ2n) is 7.19. The number of halogens is 4. The van der Waals surface area contributed by atoms with E-state index in [1.54, 1.807) is 12.1 Å². The van der Waals surface area contributed by atoms with E-state index in [2.05, 4.69) is 25.2 Å². The summed E-state index contributed by atoms with van der Waals surface area (Å²) in [4.78, 5) is 26.0. The zero-order chi connectivity index (χ0) is 23.4. The monoisotopic (exact) mass is 497 g/mol. The van der Waals surface area contributed by atoms with Crippen LogP contribution in [0, 0.1) is 0 Å². The lowest BCUT2D eigenvalue weighted by Crippen LogP contribution is -2.43. The SMILES string of the molecule is O=C(NC[C@H](c1ccc(Cl)cc1)N1CCOCC1)c1sc(-c2ncccn2)nc1C(F)(F)F. The minimum absolute atomic E-state index is 0.0272. The molecule has 1 saturated heterocycles. The molecule has 0 radical (unpaired) electrons. The van der Waals surface area contributed by atoms with Crippen molar-refractivity contribution in [1.29, 1.82) is 0 Å². The van der Waals surface area contributed by atoms with Gasteiger partial charge in [0.05, 0.1) is 19.3 Å². The Balaban J connectivity index is 1.58. The molecule has 3 heterocycles. The third kappa shape index (κ3) is 5.67. The molecule has 12 heteroatoms. The molecule has 33 heavy (non-hydrogen) atoms. The van der Waals surface area contributed by atoms with Gasteiger partial charge in [-0.3, -0.25) is 9.69 Å². The van der Waals surface area contributed by atoms with Crippen molar-refractivity contribution in [2.24, 2.45) is 0 Å². The van der Waals surface area contributed by atoms with Gasteiger partial charge < -0.3 is 10.1 Å². The number of carbonyl (C=O) groups excluding carboxylic acids is 1. The molecule has 0 aliphatic carbocycles. The van der Waals surface area contributed by atoms with Gasteiger partial charge in [0.1, 0.15) is 4.88 Å². The molecule has 1 aromatic carbocycles. The molecular formula is C21H19ClF3N5O2S. The van der Waals surface area contributed by atoms with Crippen LogP contribution < -0.4 is 5.32 Å². The summed E-state index contributed by atoms with van der Waals surface area (Å²) in [5.41, 5.74) is -0.359. The third-order valence-corrected chi connectivity index (χ3v) is 6.36. The number of alkyl halides is 3. The van der Waals surface area contributed by atoms with Crippen molar-refractivity contribution in [2.45, 2.75) is 12.2 Å². The number of nitrogens with zero attached hydrogens (tertiary/aromatic N) is 4. The summed E-state index contributed by atoms with van der Waals surface area (Å²) in [7, 11) is 0. The molecule has 4 rings (SSSR count). The van der Waals surface area contributed by atoms with E-state index in [9.17, 15) is 18.0 Å². The Morgan fingerprint density at radius 3 is 2.48 bits per heavy atom. The molecule has 2 aromatic heterocycles. The zero-order valence-corrected chi connectivity index (χ0v) is 18.8. The molecule has 1 amide bonds. The summed E-state index contributed by atoms with van der Waals surface area (Å²) < 4.78 is 46.3. The van der Waals surface area contributed by atoms with Crippen LogP contribution in [-0.4, -0.2) is 58.6 Å². The van der Waals surface area contributed by atoms with Gasteiger partial charge in [-0.25, -0.2) is 15.0 Å². The largest absolute Gasteiger partial charge is 0.435 e. The second kappa shape index (κ2) is 10.1. The van der Waals surface area contributed by atoms with Crippen LogP contribution in [0.5, 0.6) is 0 Å². The van der Waals surface area contributed by atoms with Crippen molar-refractivity contribution >= 4 is 28.8 Å². The van der Waals surface area contributed by atoms with Crippen LogP contribution in [0.1, 0.15) is 27.0 Å². The Labute approximate surface area is 196 Å². The van der Waals surface area contributed by atoms with Gasteiger partial charge in [0.15, 0.2) is 16.5 Å². The summed E-state index contributed by atoms with van der Waals surface area (Å²) in [6.45, 7) is 2.43. The van der Waals surface area contributed by atoms with E-state index in [0.29, 0.717) is 42.7 Å². The topological polar surface area (TPSA) is 80.2 Å². The van der Waals surface area contributed by atoms with Crippen molar-refractivity contribution in [3.05, 3.63) is 63.9 Å². The van der Waals surface area contributed by atoms with E-state index in [1.807, 2.05) is 12.1 Å². The van der Waals surface area contributed by atoms with Gasteiger partial charge in [-0.15, -0.1) is 11.3 Å². The fourth-order valence-corrected chi connectivity index (χ4v) is 4.55. The molecule has 1 fully saturated rings. The van der Waals surface area contributed by atoms with Crippen LogP contribution in [0.4, 0.5) is 13.2 Å². The molecule has 0 spiro atoms. The van der Waals surface area contributed by atoms with Gasteiger partial charge >= 0.3 is 6.18 Å². The Morgan fingerprint density at radius 2 is 1.85 bits per heavy atom. The van der Waals surface area contributed by atoms with Gasteiger partial charge in [-0.05, 0) is 23.8 Å². The molecule has 1 atom stereocenters. The summed E-state index contributed by atoms with van der Waals surface area (Å²) in [5.74, 6) is -0.825. The van der Waals surface area contributed by atoms with E-state index in [-0.39, 0.29) is 23.4 Å². The number of amides is 1. The van der Waals surface area contributed by atoms with E-state index < -0.39 is 22.7 Å². The molecular weight excluding hydrogens is 479 g/mol. The van der Waals surface area contributed by atoms with Crippen molar-refractivity contribution < 1.29 is 22.7 Å². The van der Waals surface area contributed by atoms with E-state index >= 15 is 0 Å². The lowest BCUT2D eigenvalue weighted by molar-refractivity contribution is -0.141. The maximum Gasteiger partial charge on any atom is 0.435 e. The summed E-state index contributed by atoms with van der Waals surface area (Å²) in [6, 6.07) is 8.44. The Hall–Kier alpha value is -2.60. The fraction of sp³-hybridized carbons (Fsp3) is 0.333. The van der Waals surface area contributed by atoms with Gasteiger partial charge in [0.2, 0.25) is 0 Å². The lowest BCUT2D eigenvalue weighted by atomic mass is 10.0. The Bertz CT molecular complexity index is 1090. The molecule has 1 aliphatic rings. The number of nitrogens with one attached hydrogen (secondary N) is 1. The highest BCUT2D eigenvalue weighted by atomic mass is 35.5. The number of morpholine rings is 1. The number of carbonyl (C=O) groups is 1. The molecule has 0 unspecified atom stereocenters. The van der Waals surface area contributed by atoms with Crippen LogP contribution >= 0.6 is 22.9 Å². The summed E-state index contributed by atoms with van der Waals surface area (Å²) in [5, 5.41) is 3.16. The van der Waals surface area contributed by atoms with Crippen molar-refractivity contribution in [3.63, 3.8) is 0 Å². The van der Waals surface area contributed by atoms with Crippen LogP contribution in [-0.2, 0) is 10.9 Å². The number of hydrogen-bond donors (Lipinski definition) is 1. The van der Waals surface area contributed by atoms with E-state index in [4.69, 9.17) is 16.3 Å². The first kappa shape index (κ1) is 23.6. The highest BCUT2D eigenvalue weighted by Crippen LogP contribution is 2.37. The second-order valence-corrected chi connectivity index (χ2v) is 8.63. The minimum Gasteiger partial charge on any atom is -0.379 e. The van der Waals surface area contributed by atoms with Crippen molar-refractivity contribution in [3.8, 4) is 10.8 Å². The van der Waals surface area contributed by atoms with Crippen LogP contribution in [0.25, 0.3) is 10.8 Å². The average Bonchev–Trinajstić information content (AvgIpc) is 3.28. The van der Waals surface area contributed by atoms with Crippen LogP contribution in [0.2, 0.25) is 5.02 Å². The highest BCUT2D eigenvalue weighted by molar-refractivity contribution is 7.17.